The van der Waals surface area contributed by atoms with Crippen LogP contribution in [-0.4, -0.2) is 14.8 Å². The zero-order valence-corrected chi connectivity index (χ0v) is 5.86. The molecule has 0 amide bonds. The molecular formula is C6H10N4. The summed E-state index contributed by atoms with van der Waals surface area (Å²) in [5.41, 5.74) is 5.76. The summed E-state index contributed by atoms with van der Waals surface area (Å²) in [7, 11) is 0. The fraction of sp³-hybridized carbons (Fsp3) is 0.667. The number of nitrogens with zero attached hydrogens (tertiary/aromatic N) is 3. The van der Waals surface area contributed by atoms with Gasteiger partial charge >= 0.3 is 0 Å². The molecule has 4 nitrogen and oxygen atoms in total. The highest BCUT2D eigenvalue weighted by atomic mass is 15.4. The maximum Gasteiger partial charge on any atom is 0.144 e. The van der Waals surface area contributed by atoms with Gasteiger partial charge in [0, 0.05) is 0 Å². The van der Waals surface area contributed by atoms with E-state index in [1.165, 1.54) is 0 Å². The Morgan fingerprint density at radius 2 is 2.60 bits per heavy atom. The van der Waals surface area contributed by atoms with Crippen LogP contribution < -0.4 is 5.73 Å². The quantitative estimate of drug-likeness (QED) is 0.558. The normalized spacial score (nSPS) is 30.6. The third-order valence-electron chi connectivity index (χ3n) is 1.94. The number of nitrogens with two attached hydrogens (primary N) is 1. The molecule has 0 aliphatic carbocycles. The highest BCUT2D eigenvalue weighted by Crippen LogP contribution is 2.28. The first-order chi connectivity index (χ1) is 4.79. The second-order valence-corrected chi connectivity index (χ2v) is 2.75. The molecule has 0 saturated heterocycles. The fourth-order valence-electron chi connectivity index (χ4n) is 1.44. The molecule has 1 aliphatic heterocycles. The maximum absolute atomic E-state index is 5.76. The van der Waals surface area contributed by atoms with Gasteiger partial charge in [0.15, 0.2) is 0 Å². The Hall–Kier alpha value is -0.900. The summed E-state index contributed by atoms with van der Waals surface area (Å²) < 4.78 is 1.89. The molecule has 0 fully saturated rings. The summed E-state index contributed by atoms with van der Waals surface area (Å²) in [6.07, 6.45) is 2.53. The highest BCUT2D eigenvalue weighted by molar-refractivity contribution is 5.01. The van der Waals surface area contributed by atoms with Gasteiger partial charge in [-0.3, -0.25) is 0 Å². The van der Waals surface area contributed by atoms with Crippen LogP contribution in [0.1, 0.15) is 31.3 Å². The molecule has 1 aromatic heterocycles. The van der Waals surface area contributed by atoms with Crippen molar-refractivity contribution in [2.45, 2.75) is 25.4 Å². The Labute approximate surface area is 59.1 Å². The first-order valence-electron chi connectivity index (χ1n) is 3.44. The van der Waals surface area contributed by atoms with E-state index < -0.39 is 0 Å². The minimum atomic E-state index is 0.0949. The van der Waals surface area contributed by atoms with Gasteiger partial charge in [0.2, 0.25) is 0 Å². The molecule has 1 aliphatic rings. The van der Waals surface area contributed by atoms with Gasteiger partial charge in [-0.25, -0.2) is 9.67 Å². The second-order valence-electron chi connectivity index (χ2n) is 2.75. The standard InChI is InChI=1S/C6H10N4/c1-4-2-5(7)6-8-3-9-10(4)6/h3-5H,2,7H2,1H3/t4-,5-/m1/s1. The van der Waals surface area contributed by atoms with Crippen molar-refractivity contribution in [3.63, 3.8) is 0 Å². The molecule has 0 unspecified atom stereocenters. The zero-order chi connectivity index (χ0) is 7.14. The lowest BCUT2D eigenvalue weighted by Gasteiger charge is -2.00. The van der Waals surface area contributed by atoms with Crippen molar-refractivity contribution in [1.29, 1.82) is 0 Å². The van der Waals surface area contributed by atoms with Crippen molar-refractivity contribution in [3.8, 4) is 0 Å². The number of hydrogen-bond acceptors (Lipinski definition) is 3. The Balaban J connectivity index is 2.48. The van der Waals surface area contributed by atoms with Gasteiger partial charge in [-0.05, 0) is 13.3 Å². The van der Waals surface area contributed by atoms with Gasteiger partial charge in [0.05, 0.1) is 12.1 Å². The third kappa shape index (κ3) is 0.593. The van der Waals surface area contributed by atoms with Gasteiger partial charge in [0.25, 0.3) is 0 Å². The molecule has 0 radical (unpaired) electrons. The Morgan fingerprint density at radius 3 is 3.30 bits per heavy atom. The minimum Gasteiger partial charge on any atom is -0.321 e. The summed E-state index contributed by atoms with van der Waals surface area (Å²) in [6, 6.07) is 0.519. The lowest BCUT2D eigenvalue weighted by atomic mass is 10.2. The summed E-state index contributed by atoms with van der Waals surface area (Å²) >= 11 is 0. The van der Waals surface area contributed by atoms with Crippen LogP contribution in [0.3, 0.4) is 0 Å². The largest absolute Gasteiger partial charge is 0.321 e. The van der Waals surface area contributed by atoms with Crippen LogP contribution in [0.15, 0.2) is 6.33 Å². The van der Waals surface area contributed by atoms with Gasteiger partial charge in [-0.15, -0.1) is 0 Å². The molecule has 10 heavy (non-hydrogen) atoms. The number of rotatable bonds is 0. The number of aromatic nitrogens is 3. The van der Waals surface area contributed by atoms with E-state index in [0.29, 0.717) is 6.04 Å². The monoisotopic (exact) mass is 138 g/mol. The van der Waals surface area contributed by atoms with E-state index in [2.05, 4.69) is 17.0 Å². The van der Waals surface area contributed by atoms with Crippen molar-refractivity contribution >= 4 is 0 Å². The highest BCUT2D eigenvalue weighted by Gasteiger charge is 2.26. The van der Waals surface area contributed by atoms with Crippen LogP contribution in [0.4, 0.5) is 0 Å². The zero-order valence-electron chi connectivity index (χ0n) is 5.86. The van der Waals surface area contributed by atoms with E-state index in [4.69, 9.17) is 5.73 Å². The van der Waals surface area contributed by atoms with Gasteiger partial charge in [-0.2, -0.15) is 5.10 Å². The Morgan fingerprint density at radius 1 is 1.80 bits per heavy atom. The van der Waals surface area contributed by atoms with E-state index in [1.807, 2.05) is 4.68 Å². The lowest BCUT2D eigenvalue weighted by Crippen LogP contribution is -2.06. The molecule has 2 heterocycles. The van der Waals surface area contributed by atoms with Crippen LogP contribution in [0.2, 0.25) is 0 Å². The van der Waals surface area contributed by atoms with Crippen molar-refractivity contribution in [1.82, 2.24) is 14.8 Å². The van der Waals surface area contributed by atoms with Crippen LogP contribution in [0, 0.1) is 0 Å². The Bertz CT molecular complexity index is 219. The Kier molecular flexibility index (Phi) is 1.05. The van der Waals surface area contributed by atoms with Crippen molar-refractivity contribution < 1.29 is 0 Å². The molecule has 2 rings (SSSR count). The molecule has 2 atom stereocenters. The summed E-state index contributed by atoms with van der Waals surface area (Å²) in [6.45, 7) is 2.10. The van der Waals surface area contributed by atoms with Gasteiger partial charge in [0.1, 0.15) is 12.2 Å². The first kappa shape index (κ1) is 5.85. The van der Waals surface area contributed by atoms with Gasteiger partial charge in [-0.1, -0.05) is 0 Å². The second kappa shape index (κ2) is 1.79. The average Bonchev–Trinajstić information content (AvgIpc) is 2.39. The van der Waals surface area contributed by atoms with Crippen molar-refractivity contribution in [3.05, 3.63) is 12.2 Å². The molecule has 4 heteroatoms. The average molecular weight is 138 g/mol. The maximum atomic E-state index is 5.76. The first-order valence-corrected chi connectivity index (χ1v) is 3.44. The predicted octanol–water partition coefficient (Wildman–Crippen LogP) is 0.243. The molecule has 0 spiro atoms. The molecule has 0 bridgehead atoms. The third-order valence-corrected chi connectivity index (χ3v) is 1.94. The van der Waals surface area contributed by atoms with E-state index in [9.17, 15) is 0 Å². The van der Waals surface area contributed by atoms with Crippen LogP contribution >= 0.6 is 0 Å². The van der Waals surface area contributed by atoms with E-state index >= 15 is 0 Å². The smallest absolute Gasteiger partial charge is 0.144 e. The van der Waals surface area contributed by atoms with Crippen LogP contribution in [0.5, 0.6) is 0 Å². The van der Waals surface area contributed by atoms with E-state index in [0.717, 1.165) is 12.2 Å². The molecule has 2 N–H and O–H groups in total. The lowest BCUT2D eigenvalue weighted by molar-refractivity contribution is 0.507. The van der Waals surface area contributed by atoms with Gasteiger partial charge < -0.3 is 5.73 Å². The fourth-order valence-corrected chi connectivity index (χ4v) is 1.44. The van der Waals surface area contributed by atoms with E-state index in [1.54, 1.807) is 6.33 Å². The molecular weight excluding hydrogens is 128 g/mol. The van der Waals surface area contributed by atoms with E-state index in [-0.39, 0.29) is 6.04 Å². The number of fused-ring (bicyclic) bond motifs is 1. The topological polar surface area (TPSA) is 56.7 Å². The summed E-state index contributed by atoms with van der Waals surface area (Å²) in [5, 5.41) is 4.05. The molecule has 0 aromatic carbocycles. The molecule has 54 valence electrons. The summed E-state index contributed by atoms with van der Waals surface area (Å²) in [5.74, 6) is 0.924. The SMILES string of the molecule is C[C@@H]1C[C@@H](N)c2ncnn21. The molecule has 1 aromatic rings. The summed E-state index contributed by atoms with van der Waals surface area (Å²) in [4.78, 5) is 4.06. The van der Waals surface area contributed by atoms with Crippen LogP contribution in [0.25, 0.3) is 0 Å². The number of hydrogen-bond donors (Lipinski definition) is 1. The van der Waals surface area contributed by atoms with Crippen LogP contribution in [-0.2, 0) is 0 Å². The van der Waals surface area contributed by atoms with Crippen molar-refractivity contribution in [2.75, 3.05) is 0 Å². The minimum absolute atomic E-state index is 0.0949. The van der Waals surface area contributed by atoms with Crippen molar-refractivity contribution in [2.24, 2.45) is 5.73 Å². The predicted molar refractivity (Wildman–Crippen MR) is 36.3 cm³/mol. The molecule has 0 saturated carbocycles.